The van der Waals surface area contributed by atoms with Crippen molar-refractivity contribution in [2.75, 3.05) is 0 Å². The summed E-state index contributed by atoms with van der Waals surface area (Å²) in [6, 6.07) is 0. The van der Waals surface area contributed by atoms with Gasteiger partial charge in [-0.15, -0.1) is 0 Å². The summed E-state index contributed by atoms with van der Waals surface area (Å²) in [7, 11) is 0. The van der Waals surface area contributed by atoms with Crippen molar-refractivity contribution in [1.82, 2.24) is 0 Å². The average molecular weight is 182 g/mol. The Kier molecular flexibility index (Phi) is 2.41. The Balaban J connectivity index is 1.98. The Hall–Kier alpha value is -0.370. The smallest absolute Gasteiger partial charge is 0.161 e. The number of carbonyl (C=O) groups excluding carboxylic acids is 1. The van der Waals surface area contributed by atoms with Gasteiger partial charge in [0.2, 0.25) is 0 Å². The van der Waals surface area contributed by atoms with Gasteiger partial charge in [-0.05, 0) is 31.1 Å². The van der Waals surface area contributed by atoms with Crippen LogP contribution in [0.4, 0.5) is 0 Å². The van der Waals surface area contributed by atoms with Gasteiger partial charge in [0.1, 0.15) is 6.10 Å². The summed E-state index contributed by atoms with van der Waals surface area (Å²) >= 11 is 0. The van der Waals surface area contributed by atoms with E-state index in [0.717, 1.165) is 12.3 Å². The lowest BCUT2D eigenvalue weighted by molar-refractivity contribution is -0.129. The van der Waals surface area contributed by atoms with Gasteiger partial charge in [-0.1, -0.05) is 13.8 Å². The Labute approximate surface area is 79.7 Å². The van der Waals surface area contributed by atoms with Gasteiger partial charge in [-0.25, -0.2) is 0 Å². The maximum Gasteiger partial charge on any atom is 0.161 e. The molecule has 0 spiro atoms. The molecule has 2 aliphatic rings. The minimum absolute atomic E-state index is 0.0669. The maximum absolute atomic E-state index is 11.4. The molecule has 0 amide bonds. The highest BCUT2D eigenvalue weighted by Gasteiger charge is 2.44. The first-order valence-electron chi connectivity index (χ1n) is 5.40. The first-order chi connectivity index (χ1) is 6.22. The normalized spacial score (nSPS) is 43.5. The molecular weight excluding hydrogens is 164 g/mol. The van der Waals surface area contributed by atoms with Crippen molar-refractivity contribution in [3.8, 4) is 0 Å². The highest BCUT2D eigenvalue weighted by molar-refractivity contribution is 5.83. The fourth-order valence-corrected chi connectivity index (χ4v) is 2.72. The van der Waals surface area contributed by atoms with E-state index in [1.807, 2.05) is 6.92 Å². The molecule has 0 aromatic carbocycles. The molecule has 0 aromatic rings. The monoisotopic (exact) mass is 182 g/mol. The van der Waals surface area contributed by atoms with E-state index < -0.39 is 0 Å². The van der Waals surface area contributed by atoms with Gasteiger partial charge in [0.05, 0.1) is 6.10 Å². The molecule has 0 N–H and O–H groups in total. The molecule has 1 saturated heterocycles. The molecule has 0 radical (unpaired) electrons. The Bertz CT molecular complexity index is 212. The zero-order valence-corrected chi connectivity index (χ0v) is 8.45. The van der Waals surface area contributed by atoms with Gasteiger partial charge in [-0.3, -0.25) is 4.79 Å². The topological polar surface area (TPSA) is 26.3 Å². The summed E-state index contributed by atoms with van der Waals surface area (Å²) in [6.07, 6.45) is 4.39. The van der Waals surface area contributed by atoms with Gasteiger partial charge in [0.15, 0.2) is 5.78 Å². The molecule has 2 rings (SSSR count). The molecule has 1 aliphatic carbocycles. The third-order valence-corrected chi connectivity index (χ3v) is 3.65. The van der Waals surface area contributed by atoms with Crippen LogP contribution in [0.5, 0.6) is 0 Å². The van der Waals surface area contributed by atoms with Crippen LogP contribution >= 0.6 is 0 Å². The van der Waals surface area contributed by atoms with Crippen LogP contribution in [0.1, 0.15) is 39.5 Å². The quantitative estimate of drug-likeness (QED) is 0.654. The number of ketones is 1. The number of carbonyl (C=O) groups is 1. The Morgan fingerprint density at radius 3 is 2.85 bits per heavy atom. The van der Waals surface area contributed by atoms with E-state index in [2.05, 4.69) is 6.92 Å². The van der Waals surface area contributed by atoms with Crippen LogP contribution in [0.2, 0.25) is 0 Å². The van der Waals surface area contributed by atoms with E-state index >= 15 is 0 Å². The van der Waals surface area contributed by atoms with Crippen molar-refractivity contribution in [1.29, 1.82) is 0 Å². The summed E-state index contributed by atoms with van der Waals surface area (Å²) in [4.78, 5) is 11.4. The second kappa shape index (κ2) is 3.41. The molecule has 1 saturated carbocycles. The standard InChI is InChI=1S/C11H18O2/c1-3-9(12)11-6-8-7(2)4-5-10(8)13-11/h7-8,10-11H,3-6H2,1-2H3. The van der Waals surface area contributed by atoms with Crippen LogP contribution in [0, 0.1) is 11.8 Å². The van der Waals surface area contributed by atoms with E-state index in [4.69, 9.17) is 4.74 Å². The van der Waals surface area contributed by atoms with Gasteiger partial charge >= 0.3 is 0 Å². The van der Waals surface area contributed by atoms with E-state index in [1.54, 1.807) is 0 Å². The van der Waals surface area contributed by atoms with Gasteiger partial charge in [0, 0.05) is 6.42 Å². The summed E-state index contributed by atoms with van der Waals surface area (Å²) in [6.45, 7) is 4.20. The molecule has 1 heterocycles. The molecule has 1 aliphatic heterocycles. The number of fused-ring (bicyclic) bond motifs is 1. The lowest BCUT2D eigenvalue weighted by Gasteiger charge is -2.10. The first-order valence-corrected chi connectivity index (χ1v) is 5.40. The third kappa shape index (κ3) is 1.52. The van der Waals surface area contributed by atoms with E-state index in [-0.39, 0.29) is 6.10 Å². The van der Waals surface area contributed by atoms with Crippen molar-refractivity contribution < 1.29 is 9.53 Å². The summed E-state index contributed by atoms with van der Waals surface area (Å²) < 4.78 is 5.76. The molecule has 0 aromatic heterocycles. The molecule has 0 bridgehead atoms. The summed E-state index contributed by atoms with van der Waals surface area (Å²) in [5, 5.41) is 0. The van der Waals surface area contributed by atoms with Crippen LogP contribution in [-0.4, -0.2) is 18.0 Å². The predicted octanol–water partition coefficient (Wildman–Crippen LogP) is 2.17. The molecule has 2 fully saturated rings. The predicted molar refractivity (Wildman–Crippen MR) is 50.5 cm³/mol. The van der Waals surface area contributed by atoms with Gasteiger partial charge in [-0.2, -0.15) is 0 Å². The second-order valence-corrected chi connectivity index (χ2v) is 4.44. The van der Waals surface area contributed by atoms with Crippen molar-refractivity contribution in [2.45, 2.75) is 51.7 Å². The number of hydrogen-bond acceptors (Lipinski definition) is 2. The SMILES string of the molecule is CCC(=O)C1CC2C(C)CCC2O1. The van der Waals surface area contributed by atoms with E-state index in [9.17, 15) is 4.79 Å². The van der Waals surface area contributed by atoms with Crippen molar-refractivity contribution in [3.63, 3.8) is 0 Å². The number of rotatable bonds is 2. The summed E-state index contributed by atoms with van der Waals surface area (Å²) in [5.74, 6) is 1.72. The van der Waals surface area contributed by atoms with Crippen molar-refractivity contribution >= 4 is 5.78 Å². The number of Topliss-reactive ketones (excluding diaryl/α,β-unsaturated/α-hetero) is 1. The highest BCUT2D eigenvalue weighted by atomic mass is 16.5. The van der Waals surface area contributed by atoms with Crippen LogP contribution in [-0.2, 0) is 9.53 Å². The van der Waals surface area contributed by atoms with Crippen LogP contribution in [0.25, 0.3) is 0 Å². The zero-order valence-electron chi connectivity index (χ0n) is 8.45. The lowest BCUT2D eigenvalue weighted by atomic mass is 9.92. The fraction of sp³-hybridized carbons (Fsp3) is 0.909. The highest BCUT2D eigenvalue weighted by Crippen LogP contribution is 2.43. The molecular formula is C11H18O2. The zero-order chi connectivity index (χ0) is 9.42. The third-order valence-electron chi connectivity index (χ3n) is 3.65. The van der Waals surface area contributed by atoms with Crippen molar-refractivity contribution in [3.05, 3.63) is 0 Å². The molecule has 2 nitrogen and oxygen atoms in total. The Morgan fingerprint density at radius 2 is 2.23 bits per heavy atom. The Morgan fingerprint density at radius 1 is 1.46 bits per heavy atom. The second-order valence-electron chi connectivity index (χ2n) is 4.44. The maximum atomic E-state index is 11.4. The molecule has 74 valence electrons. The fourth-order valence-electron chi connectivity index (χ4n) is 2.72. The number of ether oxygens (including phenoxy) is 1. The molecule has 13 heavy (non-hydrogen) atoms. The van der Waals surface area contributed by atoms with Crippen molar-refractivity contribution in [2.24, 2.45) is 11.8 Å². The minimum Gasteiger partial charge on any atom is -0.367 e. The first kappa shape index (κ1) is 9.20. The van der Waals surface area contributed by atoms with Crippen LogP contribution < -0.4 is 0 Å². The van der Waals surface area contributed by atoms with Crippen LogP contribution in [0.15, 0.2) is 0 Å². The molecule has 4 unspecified atom stereocenters. The van der Waals surface area contributed by atoms with Gasteiger partial charge < -0.3 is 4.74 Å². The molecule has 4 atom stereocenters. The van der Waals surface area contributed by atoms with Gasteiger partial charge in [0.25, 0.3) is 0 Å². The number of hydrogen-bond donors (Lipinski definition) is 0. The minimum atomic E-state index is -0.0669. The lowest BCUT2D eigenvalue weighted by Crippen LogP contribution is -2.20. The average Bonchev–Trinajstić information content (AvgIpc) is 2.67. The largest absolute Gasteiger partial charge is 0.367 e. The van der Waals surface area contributed by atoms with E-state index in [0.29, 0.717) is 24.2 Å². The summed E-state index contributed by atoms with van der Waals surface area (Å²) in [5.41, 5.74) is 0. The van der Waals surface area contributed by atoms with Crippen LogP contribution in [0.3, 0.4) is 0 Å². The van der Waals surface area contributed by atoms with E-state index in [1.165, 1.54) is 12.8 Å². The molecule has 2 heteroatoms.